The predicted molar refractivity (Wildman–Crippen MR) is 99.1 cm³/mol. The molecule has 6 heteroatoms. The van der Waals surface area contributed by atoms with Crippen molar-refractivity contribution in [1.82, 2.24) is 0 Å². The van der Waals surface area contributed by atoms with Gasteiger partial charge in [-0.25, -0.2) is 4.39 Å². The van der Waals surface area contributed by atoms with Crippen molar-refractivity contribution in [3.8, 4) is 0 Å². The van der Waals surface area contributed by atoms with Crippen molar-refractivity contribution >= 4 is 17.5 Å². The van der Waals surface area contributed by atoms with Crippen LogP contribution in [0.5, 0.6) is 0 Å². The molecule has 1 aromatic rings. The van der Waals surface area contributed by atoms with Crippen molar-refractivity contribution < 1.29 is 23.5 Å². The van der Waals surface area contributed by atoms with Gasteiger partial charge >= 0.3 is 5.97 Å². The molecule has 1 aromatic carbocycles. The Morgan fingerprint density at radius 1 is 1.30 bits per heavy atom. The second-order valence-electron chi connectivity index (χ2n) is 6.77. The Labute approximate surface area is 158 Å². The fourth-order valence-electron chi connectivity index (χ4n) is 3.81. The first-order valence-corrected chi connectivity index (χ1v) is 9.34. The van der Waals surface area contributed by atoms with E-state index in [-0.39, 0.29) is 12.4 Å². The summed E-state index contributed by atoms with van der Waals surface area (Å²) in [6, 6.07) is 6.08. The van der Waals surface area contributed by atoms with Gasteiger partial charge in [0.1, 0.15) is 18.3 Å². The molecule has 144 valence electrons. The van der Waals surface area contributed by atoms with Gasteiger partial charge in [0, 0.05) is 35.9 Å². The summed E-state index contributed by atoms with van der Waals surface area (Å²) in [7, 11) is 0. The highest BCUT2D eigenvalue weighted by atomic mass is 19.1. The standard InChI is InChI=1S/C21H24FNO4/c1-3-26-10-11-27-21(25)18-13(2)23-16-8-5-9-17(24)20(16)19(18)14-6-4-7-15(22)12-14/h4,6-7,12,18-19H,3,5,8-11H2,1-2H3/t18?,19-/m1/s1. The summed E-state index contributed by atoms with van der Waals surface area (Å²) in [5.74, 6) is -2.19. The first-order valence-electron chi connectivity index (χ1n) is 9.34. The fourth-order valence-corrected chi connectivity index (χ4v) is 3.81. The highest BCUT2D eigenvalue weighted by Gasteiger charge is 2.43. The Kier molecular flexibility index (Phi) is 6.16. The molecule has 2 atom stereocenters. The van der Waals surface area contributed by atoms with Crippen LogP contribution in [0.2, 0.25) is 0 Å². The maximum atomic E-state index is 13.9. The summed E-state index contributed by atoms with van der Waals surface area (Å²) in [6.45, 7) is 4.61. The van der Waals surface area contributed by atoms with E-state index in [0.29, 0.717) is 42.9 Å². The summed E-state index contributed by atoms with van der Waals surface area (Å²) in [5.41, 5.74) is 2.44. The molecule has 1 aliphatic heterocycles. The number of allylic oxidation sites excluding steroid dienone is 2. The van der Waals surface area contributed by atoms with Gasteiger partial charge in [-0.1, -0.05) is 12.1 Å². The highest BCUT2D eigenvalue weighted by Crippen LogP contribution is 2.43. The molecule has 1 heterocycles. The summed E-state index contributed by atoms with van der Waals surface area (Å²) in [4.78, 5) is 30.1. The molecule has 0 radical (unpaired) electrons. The average molecular weight is 373 g/mol. The van der Waals surface area contributed by atoms with E-state index >= 15 is 0 Å². The first kappa shape index (κ1) is 19.4. The molecule has 0 saturated carbocycles. The maximum Gasteiger partial charge on any atom is 0.315 e. The molecule has 27 heavy (non-hydrogen) atoms. The lowest BCUT2D eigenvalue weighted by Gasteiger charge is -2.34. The molecule has 1 unspecified atom stereocenters. The minimum Gasteiger partial charge on any atom is -0.463 e. The van der Waals surface area contributed by atoms with Gasteiger partial charge in [-0.3, -0.25) is 14.6 Å². The number of nitrogens with zero attached hydrogens (tertiary/aromatic N) is 1. The number of benzene rings is 1. The number of ketones is 1. The molecule has 0 N–H and O–H groups in total. The number of carbonyl (C=O) groups excluding carboxylic acids is 2. The van der Waals surface area contributed by atoms with Crippen LogP contribution in [-0.4, -0.2) is 37.3 Å². The van der Waals surface area contributed by atoms with Crippen LogP contribution < -0.4 is 0 Å². The summed E-state index contributed by atoms with van der Waals surface area (Å²) < 4.78 is 24.5. The second-order valence-corrected chi connectivity index (χ2v) is 6.77. The van der Waals surface area contributed by atoms with Crippen LogP contribution in [0, 0.1) is 11.7 Å². The number of aliphatic imine (C=N–C) groups is 1. The molecule has 2 aliphatic rings. The minimum absolute atomic E-state index is 0.0196. The Bertz CT molecular complexity index is 799. The van der Waals surface area contributed by atoms with Crippen molar-refractivity contribution in [3.05, 3.63) is 46.9 Å². The Hall–Kier alpha value is -2.34. The van der Waals surface area contributed by atoms with Crippen LogP contribution in [0.3, 0.4) is 0 Å². The van der Waals surface area contributed by atoms with Crippen LogP contribution in [0.25, 0.3) is 0 Å². The third kappa shape index (κ3) is 4.16. The predicted octanol–water partition coefficient (Wildman–Crippen LogP) is 3.59. The monoisotopic (exact) mass is 373 g/mol. The number of halogens is 1. The van der Waals surface area contributed by atoms with E-state index < -0.39 is 23.6 Å². The average Bonchev–Trinajstić information content (AvgIpc) is 2.64. The minimum atomic E-state index is -0.741. The normalized spacial score (nSPS) is 22.3. The van der Waals surface area contributed by atoms with E-state index in [2.05, 4.69) is 4.99 Å². The lowest BCUT2D eigenvalue weighted by atomic mass is 9.72. The number of Topliss-reactive ketones (excluding diaryl/α,β-unsaturated/α-hetero) is 1. The molecule has 3 rings (SSSR count). The summed E-state index contributed by atoms with van der Waals surface area (Å²) in [5, 5.41) is 0. The topological polar surface area (TPSA) is 65.0 Å². The van der Waals surface area contributed by atoms with Crippen LogP contribution in [0.15, 0.2) is 40.5 Å². The van der Waals surface area contributed by atoms with Gasteiger partial charge < -0.3 is 9.47 Å². The van der Waals surface area contributed by atoms with Crippen molar-refractivity contribution in [2.45, 2.75) is 39.0 Å². The van der Waals surface area contributed by atoms with Gasteiger partial charge in [-0.15, -0.1) is 0 Å². The zero-order valence-electron chi connectivity index (χ0n) is 15.7. The molecule has 0 amide bonds. The number of ether oxygens (including phenoxy) is 2. The Morgan fingerprint density at radius 2 is 2.11 bits per heavy atom. The molecule has 0 aromatic heterocycles. The van der Waals surface area contributed by atoms with E-state index in [1.807, 2.05) is 6.92 Å². The molecular formula is C21H24FNO4. The number of hydrogen-bond acceptors (Lipinski definition) is 5. The van der Waals surface area contributed by atoms with Gasteiger partial charge in [0.05, 0.1) is 6.61 Å². The summed E-state index contributed by atoms with van der Waals surface area (Å²) >= 11 is 0. The van der Waals surface area contributed by atoms with Gasteiger partial charge in [-0.05, 0) is 44.4 Å². The van der Waals surface area contributed by atoms with Crippen molar-refractivity contribution in [3.63, 3.8) is 0 Å². The van der Waals surface area contributed by atoms with Crippen LogP contribution in [-0.2, 0) is 19.1 Å². The molecule has 0 fully saturated rings. The largest absolute Gasteiger partial charge is 0.463 e. The third-order valence-electron chi connectivity index (χ3n) is 4.97. The van der Waals surface area contributed by atoms with Crippen LogP contribution in [0.4, 0.5) is 4.39 Å². The molecule has 0 saturated heterocycles. The van der Waals surface area contributed by atoms with Gasteiger partial charge in [0.25, 0.3) is 0 Å². The lowest BCUT2D eigenvalue weighted by molar-refractivity contribution is -0.148. The van der Waals surface area contributed by atoms with Crippen molar-refractivity contribution in [2.24, 2.45) is 10.9 Å². The second kappa shape index (κ2) is 8.57. The number of rotatable bonds is 6. The highest BCUT2D eigenvalue weighted by molar-refractivity contribution is 6.08. The van der Waals surface area contributed by atoms with E-state index in [1.165, 1.54) is 12.1 Å². The number of hydrogen-bond donors (Lipinski definition) is 0. The van der Waals surface area contributed by atoms with Crippen LogP contribution in [0.1, 0.15) is 44.6 Å². The number of esters is 1. The first-order chi connectivity index (χ1) is 13.0. The molecule has 0 spiro atoms. The molecule has 0 bridgehead atoms. The molecule has 1 aliphatic carbocycles. The van der Waals surface area contributed by atoms with E-state index in [0.717, 1.165) is 12.1 Å². The van der Waals surface area contributed by atoms with Crippen LogP contribution >= 0.6 is 0 Å². The SMILES string of the molecule is CCOCCOC(=O)C1C(C)=NC2=C(C(=O)CCC2)[C@@H]1c1cccc(F)c1. The Morgan fingerprint density at radius 3 is 2.85 bits per heavy atom. The van der Waals surface area contributed by atoms with Gasteiger partial charge in [0.15, 0.2) is 5.78 Å². The quantitative estimate of drug-likeness (QED) is 0.565. The zero-order chi connectivity index (χ0) is 19.4. The zero-order valence-corrected chi connectivity index (χ0v) is 15.7. The Balaban J connectivity index is 1.98. The molecule has 5 nitrogen and oxygen atoms in total. The van der Waals surface area contributed by atoms with Crippen molar-refractivity contribution in [2.75, 3.05) is 19.8 Å². The van der Waals surface area contributed by atoms with Crippen molar-refractivity contribution in [1.29, 1.82) is 0 Å². The maximum absolute atomic E-state index is 13.9. The fraction of sp³-hybridized carbons (Fsp3) is 0.476. The van der Waals surface area contributed by atoms with E-state index in [9.17, 15) is 14.0 Å². The molecular weight excluding hydrogens is 349 g/mol. The third-order valence-corrected chi connectivity index (χ3v) is 4.97. The van der Waals surface area contributed by atoms with Gasteiger partial charge in [0.2, 0.25) is 0 Å². The summed E-state index contributed by atoms with van der Waals surface area (Å²) in [6.07, 6.45) is 1.86. The van der Waals surface area contributed by atoms with E-state index in [1.54, 1.807) is 19.1 Å². The number of carbonyl (C=O) groups is 2. The lowest BCUT2D eigenvalue weighted by Crippen LogP contribution is -2.37. The van der Waals surface area contributed by atoms with Gasteiger partial charge in [-0.2, -0.15) is 0 Å². The van der Waals surface area contributed by atoms with E-state index in [4.69, 9.17) is 9.47 Å². The smallest absolute Gasteiger partial charge is 0.315 e.